The number of carbonyl (C=O) groups excluding carboxylic acids is 1. The number of thioether (sulfide) groups is 1. The van der Waals surface area contributed by atoms with Gasteiger partial charge in [0.05, 0.1) is 5.56 Å². The molecule has 0 saturated carbocycles. The lowest BCUT2D eigenvalue weighted by molar-refractivity contribution is 0.0531. The number of benzene rings is 1. The molecule has 16 heavy (non-hydrogen) atoms. The molecular formula is C10H11F2NO2S. The molecule has 0 amide bonds. The van der Waals surface area contributed by atoms with E-state index in [-0.39, 0.29) is 17.9 Å². The summed E-state index contributed by atoms with van der Waals surface area (Å²) in [4.78, 5) is 11.4. The van der Waals surface area contributed by atoms with E-state index in [9.17, 15) is 13.6 Å². The van der Waals surface area contributed by atoms with Gasteiger partial charge in [0, 0.05) is 17.5 Å². The minimum atomic E-state index is -1.12. The quantitative estimate of drug-likeness (QED) is 0.502. The number of carbonyl (C=O) groups is 1. The maximum absolute atomic E-state index is 12.9. The van der Waals surface area contributed by atoms with Crippen molar-refractivity contribution in [2.24, 2.45) is 0 Å². The molecule has 6 heteroatoms. The number of rotatable bonds is 4. The molecule has 2 N–H and O–H groups in total. The Balaban J connectivity index is 2.79. The summed E-state index contributed by atoms with van der Waals surface area (Å²) in [5, 5.41) is 0. The van der Waals surface area contributed by atoms with Crippen LogP contribution in [0.3, 0.4) is 0 Å². The Bertz CT molecular complexity index is 399. The molecule has 0 bridgehead atoms. The fourth-order valence-corrected chi connectivity index (χ4v) is 1.28. The van der Waals surface area contributed by atoms with Gasteiger partial charge in [-0.2, -0.15) is 11.8 Å². The topological polar surface area (TPSA) is 52.3 Å². The fourth-order valence-electron chi connectivity index (χ4n) is 1.03. The van der Waals surface area contributed by atoms with Crippen LogP contribution >= 0.6 is 11.8 Å². The molecule has 0 aliphatic rings. The first kappa shape index (κ1) is 12.8. The van der Waals surface area contributed by atoms with Gasteiger partial charge in [-0.05, 0) is 12.3 Å². The van der Waals surface area contributed by atoms with Gasteiger partial charge in [-0.25, -0.2) is 13.6 Å². The zero-order valence-corrected chi connectivity index (χ0v) is 9.44. The molecule has 0 aromatic heterocycles. The van der Waals surface area contributed by atoms with Gasteiger partial charge in [0.15, 0.2) is 11.6 Å². The van der Waals surface area contributed by atoms with Crippen molar-refractivity contribution in [1.29, 1.82) is 0 Å². The summed E-state index contributed by atoms with van der Waals surface area (Å²) in [6.45, 7) is 0.207. The van der Waals surface area contributed by atoms with Crippen LogP contribution in [0.4, 0.5) is 14.5 Å². The highest BCUT2D eigenvalue weighted by Gasteiger charge is 2.15. The molecule has 0 heterocycles. The van der Waals surface area contributed by atoms with E-state index in [0.29, 0.717) is 5.75 Å². The highest BCUT2D eigenvalue weighted by molar-refractivity contribution is 7.98. The number of esters is 1. The first-order chi connectivity index (χ1) is 7.56. The number of hydrogen-bond donors (Lipinski definition) is 1. The van der Waals surface area contributed by atoms with Crippen LogP contribution in [0.2, 0.25) is 0 Å². The third-order valence-electron chi connectivity index (χ3n) is 1.83. The SMILES string of the molecule is CSCCOC(=O)c1cc(F)c(F)cc1N. The summed E-state index contributed by atoms with van der Waals surface area (Å²) in [6.07, 6.45) is 1.86. The first-order valence-corrected chi connectivity index (χ1v) is 5.86. The summed E-state index contributed by atoms with van der Waals surface area (Å²) < 4.78 is 30.4. The molecule has 0 aliphatic carbocycles. The summed E-state index contributed by atoms with van der Waals surface area (Å²) in [6, 6.07) is 1.51. The second kappa shape index (κ2) is 5.69. The summed E-state index contributed by atoms with van der Waals surface area (Å²) >= 11 is 1.51. The van der Waals surface area contributed by atoms with E-state index in [1.807, 2.05) is 6.26 Å². The Morgan fingerprint density at radius 3 is 2.69 bits per heavy atom. The largest absolute Gasteiger partial charge is 0.461 e. The molecule has 0 fully saturated rings. The van der Waals surface area contributed by atoms with Crippen LogP contribution in [0.1, 0.15) is 10.4 Å². The van der Waals surface area contributed by atoms with Crippen LogP contribution in [-0.4, -0.2) is 24.6 Å². The van der Waals surface area contributed by atoms with Crippen molar-refractivity contribution in [2.45, 2.75) is 0 Å². The fraction of sp³-hybridized carbons (Fsp3) is 0.300. The maximum atomic E-state index is 12.9. The average Bonchev–Trinajstić information content (AvgIpc) is 2.23. The highest BCUT2D eigenvalue weighted by atomic mass is 32.2. The van der Waals surface area contributed by atoms with Gasteiger partial charge in [0.2, 0.25) is 0 Å². The second-order valence-corrected chi connectivity index (χ2v) is 3.97. The number of nitrogens with two attached hydrogens (primary N) is 1. The minimum absolute atomic E-state index is 0.131. The summed E-state index contributed by atoms with van der Waals surface area (Å²) in [5.74, 6) is -2.32. The molecule has 0 aliphatic heterocycles. The molecule has 1 aromatic rings. The Morgan fingerprint density at radius 1 is 1.44 bits per heavy atom. The van der Waals surface area contributed by atoms with Gasteiger partial charge in [-0.15, -0.1) is 0 Å². The smallest absolute Gasteiger partial charge is 0.340 e. The van der Waals surface area contributed by atoms with Gasteiger partial charge >= 0.3 is 5.97 Å². The zero-order chi connectivity index (χ0) is 12.1. The number of nitrogen functional groups attached to an aromatic ring is 1. The van der Waals surface area contributed by atoms with Crippen molar-refractivity contribution >= 4 is 23.4 Å². The van der Waals surface area contributed by atoms with E-state index in [0.717, 1.165) is 12.1 Å². The van der Waals surface area contributed by atoms with Crippen LogP contribution in [0, 0.1) is 11.6 Å². The Hall–Kier alpha value is -1.30. The van der Waals surface area contributed by atoms with Gasteiger partial charge in [0.1, 0.15) is 6.61 Å². The monoisotopic (exact) mass is 247 g/mol. The third kappa shape index (κ3) is 3.10. The second-order valence-electron chi connectivity index (χ2n) is 2.98. The molecule has 0 radical (unpaired) electrons. The van der Waals surface area contributed by atoms with Crippen molar-refractivity contribution in [2.75, 3.05) is 24.3 Å². The molecule has 1 rings (SSSR count). The number of anilines is 1. The standard InChI is InChI=1S/C10H11F2NO2S/c1-16-3-2-15-10(14)6-4-7(11)8(12)5-9(6)13/h4-5H,2-3,13H2,1H3. The third-order valence-corrected chi connectivity index (χ3v) is 2.41. The van der Waals surface area contributed by atoms with E-state index >= 15 is 0 Å². The lowest BCUT2D eigenvalue weighted by Gasteiger charge is -2.06. The van der Waals surface area contributed by atoms with Crippen LogP contribution in [0.15, 0.2) is 12.1 Å². The molecule has 1 aromatic carbocycles. The lowest BCUT2D eigenvalue weighted by Crippen LogP contribution is -2.11. The highest BCUT2D eigenvalue weighted by Crippen LogP contribution is 2.17. The lowest BCUT2D eigenvalue weighted by atomic mass is 10.1. The molecule has 3 nitrogen and oxygen atoms in total. The zero-order valence-electron chi connectivity index (χ0n) is 8.63. The minimum Gasteiger partial charge on any atom is -0.461 e. The van der Waals surface area contributed by atoms with Gasteiger partial charge in [-0.1, -0.05) is 0 Å². The Morgan fingerprint density at radius 2 is 2.06 bits per heavy atom. The van der Waals surface area contributed by atoms with Gasteiger partial charge < -0.3 is 10.5 Å². The van der Waals surface area contributed by atoms with Crippen molar-refractivity contribution in [3.05, 3.63) is 29.3 Å². The number of ether oxygens (including phenoxy) is 1. The van der Waals surface area contributed by atoms with Crippen molar-refractivity contribution in [3.63, 3.8) is 0 Å². The molecule has 88 valence electrons. The average molecular weight is 247 g/mol. The van der Waals surface area contributed by atoms with Crippen LogP contribution in [-0.2, 0) is 4.74 Å². The first-order valence-electron chi connectivity index (χ1n) is 4.47. The Kier molecular flexibility index (Phi) is 4.54. The van der Waals surface area contributed by atoms with Crippen molar-refractivity contribution in [1.82, 2.24) is 0 Å². The predicted molar refractivity (Wildman–Crippen MR) is 59.4 cm³/mol. The Labute approximate surface area is 96.0 Å². The molecule has 0 unspecified atom stereocenters. The van der Waals surface area contributed by atoms with Gasteiger partial charge in [0.25, 0.3) is 0 Å². The van der Waals surface area contributed by atoms with E-state index in [1.165, 1.54) is 11.8 Å². The van der Waals surface area contributed by atoms with E-state index in [4.69, 9.17) is 10.5 Å². The molecule has 0 spiro atoms. The van der Waals surface area contributed by atoms with Crippen LogP contribution < -0.4 is 5.73 Å². The molecule has 0 atom stereocenters. The summed E-state index contributed by atoms with van der Waals surface area (Å²) in [7, 11) is 0. The molecule has 0 saturated heterocycles. The number of halogens is 2. The van der Waals surface area contributed by atoms with Crippen LogP contribution in [0.5, 0.6) is 0 Å². The number of hydrogen-bond acceptors (Lipinski definition) is 4. The normalized spacial score (nSPS) is 10.2. The summed E-state index contributed by atoms with van der Waals surface area (Å²) in [5.41, 5.74) is 5.10. The van der Waals surface area contributed by atoms with Crippen LogP contribution in [0.25, 0.3) is 0 Å². The predicted octanol–water partition coefficient (Wildman–Crippen LogP) is 2.07. The van der Waals surface area contributed by atoms with E-state index in [2.05, 4.69) is 0 Å². The van der Waals surface area contributed by atoms with E-state index < -0.39 is 17.6 Å². The van der Waals surface area contributed by atoms with E-state index in [1.54, 1.807) is 0 Å². The van der Waals surface area contributed by atoms with Crippen molar-refractivity contribution < 1.29 is 18.3 Å². The van der Waals surface area contributed by atoms with Gasteiger partial charge in [-0.3, -0.25) is 0 Å². The molecular weight excluding hydrogens is 236 g/mol. The van der Waals surface area contributed by atoms with Crippen molar-refractivity contribution in [3.8, 4) is 0 Å². The maximum Gasteiger partial charge on any atom is 0.340 e.